The summed E-state index contributed by atoms with van der Waals surface area (Å²) in [5, 5.41) is 17.7. The molecule has 0 atom stereocenters. The Morgan fingerprint density at radius 2 is 1.72 bits per heavy atom. The summed E-state index contributed by atoms with van der Waals surface area (Å²) in [6, 6.07) is 15.7. The van der Waals surface area contributed by atoms with E-state index in [0.29, 0.717) is 30.3 Å². The summed E-state index contributed by atoms with van der Waals surface area (Å²) in [4.78, 5) is 10.9. The fourth-order valence-corrected chi connectivity index (χ4v) is 1.99. The van der Waals surface area contributed by atoms with E-state index in [1.165, 1.54) is 6.08 Å². The number of ether oxygens (including phenoxy) is 3. The molecule has 0 bridgehead atoms. The van der Waals surface area contributed by atoms with Gasteiger partial charge in [0, 0.05) is 0 Å². The zero-order chi connectivity index (χ0) is 18.1. The fraction of sp³-hybridized carbons (Fsp3) is 0.158. The molecule has 0 spiro atoms. The lowest BCUT2D eigenvalue weighted by Crippen LogP contribution is -2.09. The first-order chi connectivity index (χ1) is 12.1. The van der Waals surface area contributed by atoms with Crippen LogP contribution in [-0.4, -0.2) is 31.4 Å². The third kappa shape index (κ3) is 5.59. The maximum absolute atomic E-state index is 10.9. The number of carboxylic acids is 1. The van der Waals surface area contributed by atoms with E-state index in [1.807, 2.05) is 0 Å². The molecule has 128 valence electrons. The number of nitriles is 1. The van der Waals surface area contributed by atoms with Crippen LogP contribution in [-0.2, 0) is 4.79 Å². The number of carboxylic acid groups (broad SMARTS) is 1. The van der Waals surface area contributed by atoms with Crippen LogP contribution in [0.4, 0.5) is 0 Å². The van der Waals surface area contributed by atoms with Crippen LogP contribution in [0.2, 0.25) is 0 Å². The summed E-state index contributed by atoms with van der Waals surface area (Å²) in [5.74, 6) is 0.768. The molecule has 0 aliphatic rings. The van der Waals surface area contributed by atoms with Gasteiger partial charge in [-0.05, 0) is 48.0 Å². The van der Waals surface area contributed by atoms with Crippen LogP contribution in [0.15, 0.2) is 54.1 Å². The lowest BCUT2D eigenvalue weighted by Gasteiger charge is -2.09. The predicted molar refractivity (Wildman–Crippen MR) is 91.7 cm³/mol. The van der Waals surface area contributed by atoms with Gasteiger partial charge in [0.2, 0.25) is 0 Å². The zero-order valence-corrected chi connectivity index (χ0v) is 13.6. The Labute approximate surface area is 145 Å². The van der Waals surface area contributed by atoms with Crippen molar-refractivity contribution in [2.24, 2.45) is 0 Å². The quantitative estimate of drug-likeness (QED) is 0.451. The molecule has 2 aromatic rings. The molecule has 2 rings (SSSR count). The van der Waals surface area contributed by atoms with Gasteiger partial charge in [-0.1, -0.05) is 12.1 Å². The lowest BCUT2D eigenvalue weighted by atomic mass is 10.1. The van der Waals surface area contributed by atoms with Gasteiger partial charge in [-0.25, -0.2) is 4.79 Å². The summed E-state index contributed by atoms with van der Waals surface area (Å²) in [5.41, 5.74) is 0.243. The maximum Gasteiger partial charge on any atom is 0.346 e. The van der Waals surface area contributed by atoms with Crippen molar-refractivity contribution in [3.63, 3.8) is 0 Å². The van der Waals surface area contributed by atoms with Crippen molar-refractivity contribution in [1.82, 2.24) is 0 Å². The molecule has 0 aromatic heterocycles. The van der Waals surface area contributed by atoms with E-state index in [4.69, 9.17) is 24.6 Å². The number of nitrogens with zero attached hydrogens (tertiary/aromatic N) is 1. The normalized spacial score (nSPS) is 10.6. The summed E-state index contributed by atoms with van der Waals surface area (Å²) in [6.07, 6.45) is 1.29. The average molecular weight is 339 g/mol. The van der Waals surface area contributed by atoms with Gasteiger partial charge >= 0.3 is 5.97 Å². The van der Waals surface area contributed by atoms with Gasteiger partial charge < -0.3 is 19.3 Å². The third-order valence-electron chi connectivity index (χ3n) is 3.20. The first kappa shape index (κ1) is 17.9. The van der Waals surface area contributed by atoms with Gasteiger partial charge in [-0.3, -0.25) is 0 Å². The molecule has 25 heavy (non-hydrogen) atoms. The fourth-order valence-electron chi connectivity index (χ4n) is 1.99. The average Bonchev–Trinajstić information content (AvgIpc) is 2.64. The number of carbonyl (C=O) groups is 1. The Balaban J connectivity index is 1.87. The second kappa shape index (κ2) is 8.99. The highest BCUT2D eigenvalue weighted by Crippen LogP contribution is 2.18. The summed E-state index contributed by atoms with van der Waals surface area (Å²) in [7, 11) is 1.60. The molecule has 0 fully saturated rings. The largest absolute Gasteiger partial charge is 0.497 e. The Bertz CT molecular complexity index is 790. The van der Waals surface area contributed by atoms with E-state index in [0.717, 1.165) is 5.75 Å². The van der Waals surface area contributed by atoms with E-state index in [2.05, 4.69) is 0 Å². The van der Waals surface area contributed by atoms with Crippen molar-refractivity contribution in [1.29, 1.82) is 5.26 Å². The highest BCUT2D eigenvalue weighted by atomic mass is 16.5. The Morgan fingerprint density at radius 3 is 2.32 bits per heavy atom. The highest BCUT2D eigenvalue weighted by Gasteiger charge is 2.06. The van der Waals surface area contributed by atoms with Crippen molar-refractivity contribution in [2.75, 3.05) is 20.3 Å². The molecule has 0 aliphatic carbocycles. The molecule has 0 amide bonds. The molecule has 0 saturated heterocycles. The molecule has 0 unspecified atom stereocenters. The topological polar surface area (TPSA) is 88.8 Å². The summed E-state index contributed by atoms with van der Waals surface area (Å²) >= 11 is 0. The van der Waals surface area contributed by atoms with Gasteiger partial charge in [-0.2, -0.15) is 5.26 Å². The number of methoxy groups -OCH3 is 1. The van der Waals surface area contributed by atoms with E-state index < -0.39 is 5.97 Å². The Kier molecular flexibility index (Phi) is 6.43. The van der Waals surface area contributed by atoms with Crippen LogP contribution < -0.4 is 14.2 Å². The molecule has 0 heterocycles. The predicted octanol–water partition coefficient (Wildman–Crippen LogP) is 3.14. The van der Waals surface area contributed by atoms with Gasteiger partial charge in [0.25, 0.3) is 0 Å². The number of hydrogen-bond donors (Lipinski definition) is 1. The van der Waals surface area contributed by atoms with Crippen LogP contribution in [0.25, 0.3) is 6.08 Å². The molecule has 1 N–H and O–H groups in total. The monoisotopic (exact) mass is 339 g/mol. The molecular formula is C19H17NO5. The minimum atomic E-state index is -1.26. The standard InChI is InChI=1S/C19H17NO5/c1-23-16-5-7-17(8-6-16)24-9-10-25-18-4-2-3-14(12-18)11-15(13-20)19(21)22/h2-8,11-12H,9-10H2,1H3,(H,21,22). The maximum atomic E-state index is 10.9. The second-order valence-electron chi connectivity index (χ2n) is 4.92. The smallest absolute Gasteiger partial charge is 0.346 e. The van der Waals surface area contributed by atoms with Crippen molar-refractivity contribution in [3.05, 3.63) is 59.7 Å². The number of benzene rings is 2. The van der Waals surface area contributed by atoms with E-state index in [1.54, 1.807) is 61.7 Å². The van der Waals surface area contributed by atoms with Crippen LogP contribution in [0, 0.1) is 11.3 Å². The molecule has 6 nitrogen and oxygen atoms in total. The number of rotatable bonds is 8. The van der Waals surface area contributed by atoms with Crippen LogP contribution in [0.3, 0.4) is 0 Å². The molecule has 2 aromatic carbocycles. The summed E-state index contributed by atoms with van der Waals surface area (Å²) in [6.45, 7) is 0.675. The SMILES string of the molecule is COc1ccc(OCCOc2cccc(C=C(C#N)C(=O)O)c2)cc1. The van der Waals surface area contributed by atoms with Crippen molar-refractivity contribution >= 4 is 12.0 Å². The van der Waals surface area contributed by atoms with Crippen LogP contribution in [0.1, 0.15) is 5.56 Å². The van der Waals surface area contributed by atoms with Gasteiger partial charge in [-0.15, -0.1) is 0 Å². The van der Waals surface area contributed by atoms with Gasteiger partial charge in [0.15, 0.2) is 0 Å². The first-order valence-corrected chi connectivity index (χ1v) is 7.47. The van der Waals surface area contributed by atoms with Gasteiger partial charge in [0.1, 0.15) is 42.1 Å². The van der Waals surface area contributed by atoms with Crippen molar-refractivity contribution in [2.45, 2.75) is 0 Å². The minimum Gasteiger partial charge on any atom is -0.497 e. The van der Waals surface area contributed by atoms with Crippen LogP contribution >= 0.6 is 0 Å². The molecule has 6 heteroatoms. The zero-order valence-electron chi connectivity index (χ0n) is 13.6. The first-order valence-electron chi connectivity index (χ1n) is 7.47. The van der Waals surface area contributed by atoms with E-state index >= 15 is 0 Å². The highest BCUT2D eigenvalue weighted by molar-refractivity contribution is 5.96. The van der Waals surface area contributed by atoms with Crippen molar-refractivity contribution in [3.8, 4) is 23.3 Å². The molecular weight excluding hydrogens is 322 g/mol. The Morgan fingerprint density at radius 1 is 1.08 bits per heavy atom. The molecule has 0 saturated carbocycles. The van der Waals surface area contributed by atoms with Crippen LogP contribution in [0.5, 0.6) is 17.2 Å². The number of aliphatic carboxylic acids is 1. The third-order valence-corrected chi connectivity index (χ3v) is 3.20. The van der Waals surface area contributed by atoms with Gasteiger partial charge in [0.05, 0.1) is 7.11 Å². The lowest BCUT2D eigenvalue weighted by molar-refractivity contribution is -0.132. The van der Waals surface area contributed by atoms with E-state index in [9.17, 15) is 4.79 Å². The number of hydrogen-bond acceptors (Lipinski definition) is 5. The Hall–Kier alpha value is -3.46. The molecule has 0 radical (unpaired) electrons. The second-order valence-corrected chi connectivity index (χ2v) is 4.92. The minimum absolute atomic E-state index is 0.323. The van der Waals surface area contributed by atoms with E-state index in [-0.39, 0.29) is 5.57 Å². The van der Waals surface area contributed by atoms with Crippen molar-refractivity contribution < 1.29 is 24.1 Å². The molecule has 0 aliphatic heterocycles. The summed E-state index contributed by atoms with van der Waals surface area (Å²) < 4.78 is 16.2.